The zero-order valence-electron chi connectivity index (χ0n) is 41.4. The first-order valence-electron chi connectivity index (χ1n) is 24.4. The van der Waals surface area contributed by atoms with E-state index in [2.05, 4.69) is 75.3 Å². The number of aromatic nitrogens is 2. The van der Waals surface area contributed by atoms with Crippen LogP contribution in [-0.4, -0.2) is 129 Å². The van der Waals surface area contributed by atoms with Gasteiger partial charge in [0.05, 0.1) is 23.1 Å². The first-order valence-corrected chi connectivity index (χ1v) is 28.8. The van der Waals surface area contributed by atoms with Gasteiger partial charge in [-0.15, -0.1) is 0 Å². The zero-order valence-corrected chi connectivity index (χ0v) is 43.2. The lowest BCUT2D eigenvalue weighted by molar-refractivity contribution is 0.0555. The van der Waals surface area contributed by atoms with E-state index in [9.17, 15) is 18.0 Å². The molecule has 4 aromatic carbocycles. The Morgan fingerprint density at radius 3 is 2.18 bits per heavy atom. The first-order chi connectivity index (χ1) is 32.4. The fourth-order valence-electron chi connectivity index (χ4n) is 8.68. The van der Waals surface area contributed by atoms with Gasteiger partial charge in [-0.3, -0.25) is 19.3 Å². The number of carbonyl (C=O) groups is 3. The molecule has 13 nitrogen and oxygen atoms in total. The number of hydrogen-bond acceptors (Lipinski definition) is 9. The average molecular weight is 962 g/mol. The van der Waals surface area contributed by atoms with Crippen LogP contribution >= 0.6 is 0 Å². The highest BCUT2D eigenvalue weighted by atomic mass is 32.2. The topological polar surface area (TPSA) is 137 Å². The van der Waals surface area contributed by atoms with Gasteiger partial charge in [-0.05, 0) is 96.7 Å². The van der Waals surface area contributed by atoms with Crippen molar-refractivity contribution in [1.82, 2.24) is 33.9 Å². The maximum absolute atomic E-state index is 15.7. The van der Waals surface area contributed by atoms with Crippen LogP contribution in [0.4, 0.5) is 0 Å². The van der Waals surface area contributed by atoms with Gasteiger partial charge in [-0.2, -0.15) is 0 Å². The fourth-order valence-corrected chi connectivity index (χ4v) is 10.7. The predicted molar refractivity (Wildman–Crippen MR) is 273 cm³/mol. The molecule has 5 aromatic rings. The number of piperazine rings is 1. The van der Waals surface area contributed by atoms with Crippen LogP contribution in [-0.2, 0) is 34.0 Å². The van der Waals surface area contributed by atoms with Crippen molar-refractivity contribution in [3.8, 4) is 11.4 Å². The van der Waals surface area contributed by atoms with E-state index in [1.807, 2.05) is 63.0 Å². The highest BCUT2D eigenvalue weighted by Crippen LogP contribution is 2.38. The molecule has 3 heterocycles. The summed E-state index contributed by atoms with van der Waals surface area (Å²) in [6, 6.07) is 24.6. The lowest BCUT2D eigenvalue weighted by atomic mass is 9.92. The van der Waals surface area contributed by atoms with Crippen LogP contribution in [0.3, 0.4) is 0 Å². The lowest BCUT2D eigenvalue weighted by Gasteiger charge is -2.41. The minimum Gasteiger partial charge on any atom is -0.415 e. The highest BCUT2D eigenvalue weighted by Gasteiger charge is 2.40. The van der Waals surface area contributed by atoms with Crippen molar-refractivity contribution < 1.29 is 27.2 Å². The molecule has 1 aromatic heterocycles. The highest BCUT2D eigenvalue weighted by molar-refractivity contribution is 7.90. The Kier molecular flexibility index (Phi) is 16.1. The average Bonchev–Trinajstić information content (AvgIpc) is 3.75. The normalized spacial score (nSPS) is 16.2. The number of nitrogens with one attached hydrogen (secondary N) is 1. The summed E-state index contributed by atoms with van der Waals surface area (Å²) in [5.74, 6) is -0.958. The monoisotopic (exact) mass is 961 g/mol. The molecule has 1 saturated heterocycles. The maximum Gasteiger partial charge on any atom is 0.274 e. The first kappa shape index (κ1) is 50.7. The van der Waals surface area contributed by atoms with E-state index in [1.54, 1.807) is 12.1 Å². The molecular formula is C53H71N7O6SSi. The summed E-state index contributed by atoms with van der Waals surface area (Å²) in [5.41, 5.74) is 3.06. The Bertz CT molecular complexity index is 2700. The second-order valence-electron chi connectivity index (χ2n) is 20.1. The van der Waals surface area contributed by atoms with E-state index in [4.69, 9.17) is 9.41 Å². The third-order valence-electron chi connectivity index (χ3n) is 14.2. The molecule has 1 atom stereocenters. The van der Waals surface area contributed by atoms with Crippen molar-refractivity contribution in [2.24, 2.45) is 0 Å². The Morgan fingerprint density at radius 1 is 0.838 bits per heavy atom. The summed E-state index contributed by atoms with van der Waals surface area (Å²) >= 11 is 0. The summed E-state index contributed by atoms with van der Waals surface area (Å²) in [4.78, 5) is 57.8. The number of carbonyl (C=O) groups excluding carboxylic acids is 3. The maximum atomic E-state index is 15.7. The zero-order chi connectivity index (χ0) is 48.8. The molecule has 15 heteroatoms. The van der Waals surface area contributed by atoms with Crippen molar-refractivity contribution >= 4 is 46.8 Å². The third-order valence-corrected chi connectivity index (χ3v) is 20.0. The Balaban J connectivity index is 1.33. The number of nitrogens with zero attached hydrogens (tertiary/aromatic N) is 6. The minimum absolute atomic E-state index is 0.00917. The standard InChI is InChI=1S/C53H71N7O6SSi/c1-9-11-25-58(26-12-10-2)52(63)48-37-59(32-31-57-29-27-56(6)28-30-57)49(54-48)46-24-22-42(50(61)55-67(64,65)45-23-21-39-17-13-14-19-41(39)34-45)35-47(46)51(62)60-36-43-20-16-15-18-40(43)33-44(60)38-66-68(7,8)53(3,4)5/h13-24,34-35,37,44H,9-12,25-33,36,38H2,1-8H3,(H,55,61)/t44-/m0/s1. The van der Waals surface area contributed by atoms with Crippen molar-refractivity contribution in [2.75, 3.05) is 59.5 Å². The largest absolute Gasteiger partial charge is 0.415 e. The van der Waals surface area contributed by atoms with Crippen LogP contribution in [0.1, 0.15) is 103 Å². The van der Waals surface area contributed by atoms with Gasteiger partial charge in [0.2, 0.25) is 0 Å². The van der Waals surface area contributed by atoms with Crippen LogP contribution < -0.4 is 4.72 Å². The van der Waals surface area contributed by atoms with Crippen molar-refractivity contribution in [1.29, 1.82) is 0 Å². The second-order valence-corrected chi connectivity index (χ2v) is 26.6. The molecule has 0 radical (unpaired) electrons. The summed E-state index contributed by atoms with van der Waals surface area (Å²) in [6.45, 7) is 22.0. The van der Waals surface area contributed by atoms with Crippen molar-refractivity contribution in [3.63, 3.8) is 0 Å². The van der Waals surface area contributed by atoms with Gasteiger partial charge in [0.1, 0.15) is 11.5 Å². The number of hydrogen-bond donors (Lipinski definition) is 1. The molecule has 0 bridgehead atoms. The number of amides is 3. The van der Waals surface area contributed by atoms with Gasteiger partial charge in [-0.1, -0.05) is 102 Å². The molecule has 2 aliphatic heterocycles. The van der Waals surface area contributed by atoms with Gasteiger partial charge >= 0.3 is 0 Å². The van der Waals surface area contributed by atoms with Gasteiger partial charge in [-0.25, -0.2) is 18.1 Å². The summed E-state index contributed by atoms with van der Waals surface area (Å²) < 4.78 is 38.8. The summed E-state index contributed by atoms with van der Waals surface area (Å²) in [7, 11) is -4.45. The van der Waals surface area contributed by atoms with E-state index in [1.165, 1.54) is 24.3 Å². The van der Waals surface area contributed by atoms with Crippen LogP contribution in [0.25, 0.3) is 22.2 Å². The second kappa shape index (κ2) is 21.6. The van der Waals surface area contributed by atoms with Crippen LogP contribution in [0, 0.1) is 0 Å². The molecule has 1 fully saturated rings. The SMILES string of the molecule is CCCCN(CCCC)C(=O)c1cn(CCN2CCN(C)CC2)c(-c2ccc(C(=O)NS(=O)(=O)c3ccc4ccccc4c3)cc2C(=O)N2Cc3ccccc3C[C@H]2CO[Si](C)(C)C(C)(C)C)n1. The molecule has 0 spiro atoms. The number of fused-ring (bicyclic) bond motifs is 2. The number of imidazole rings is 1. The van der Waals surface area contributed by atoms with E-state index in [0.29, 0.717) is 62.8 Å². The molecule has 364 valence electrons. The number of likely N-dealkylation sites (N-methyl/N-ethyl adjacent to an activating group) is 1. The van der Waals surface area contributed by atoms with Crippen LogP contribution in [0.5, 0.6) is 0 Å². The van der Waals surface area contributed by atoms with E-state index in [0.717, 1.165) is 73.8 Å². The molecule has 2 aliphatic rings. The molecular weight excluding hydrogens is 891 g/mol. The Labute approximate surface area is 405 Å². The smallest absolute Gasteiger partial charge is 0.274 e. The van der Waals surface area contributed by atoms with E-state index in [-0.39, 0.29) is 38.9 Å². The predicted octanol–water partition coefficient (Wildman–Crippen LogP) is 8.70. The minimum atomic E-state index is -4.32. The third kappa shape index (κ3) is 11.8. The molecule has 3 amide bonds. The summed E-state index contributed by atoms with van der Waals surface area (Å²) in [6.07, 6.45) is 6.00. The van der Waals surface area contributed by atoms with Gasteiger partial charge in [0.15, 0.2) is 8.32 Å². The number of unbranched alkanes of at least 4 members (excludes halogenated alkanes) is 2. The quantitative estimate of drug-likeness (QED) is 0.0856. The summed E-state index contributed by atoms with van der Waals surface area (Å²) in [5, 5.41) is 1.52. The molecule has 0 unspecified atom stereocenters. The van der Waals surface area contributed by atoms with E-state index >= 15 is 4.79 Å². The molecule has 0 saturated carbocycles. The van der Waals surface area contributed by atoms with Crippen LogP contribution in [0.15, 0.2) is 96.0 Å². The number of rotatable bonds is 18. The molecule has 1 N–H and O–H groups in total. The van der Waals surface area contributed by atoms with Gasteiger partial charge in [0.25, 0.3) is 27.7 Å². The lowest BCUT2D eigenvalue weighted by Crippen LogP contribution is -2.50. The Hall–Kier alpha value is -5.19. The van der Waals surface area contributed by atoms with Crippen LogP contribution in [0.2, 0.25) is 18.1 Å². The van der Waals surface area contributed by atoms with E-state index < -0.39 is 24.2 Å². The number of benzene rings is 4. The van der Waals surface area contributed by atoms with Crippen molar-refractivity contribution in [2.45, 2.75) is 109 Å². The number of sulfonamides is 1. The molecule has 7 rings (SSSR count). The van der Waals surface area contributed by atoms with Gasteiger partial charge < -0.3 is 23.7 Å². The van der Waals surface area contributed by atoms with Crippen molar-refractivity contribution in [3.05, 3.63) is 119 Å². The van der Waals surface area contributed by atoms with Gasteiger partial charge in [0, 0.05) is 76.2 Å². The molecule has 68 heavy (non-hydrogen) atoms. The molecule has 0 aliphatic carbocycles. The Morgan fingerprint density at radius 2 is 1.50 bits per heavy atom. The fraction of sp³-hybridized carbons (Fsp3) is 0.472.